The summed E-state index contributed by atoms with van der Waals surface area (Å²) in [4.78, 5) is 0. The molecule has 0 bridgehead atoms. The predicted octanol–water partition coefficient (Wildman–Crippen LogP) is -0.413. The second kappa shape index (κ2) is 3.23. The zero-order valence-electron chi connectivity index (χ0n) is 4.13. The lowest BCUT2D eigenvalue weighted by atomic mass is 11.6. The van der Waals surface area contributed by atoms with Gasteiger partial charge in [-0.1, -0.05) is 0 Å². The third kappa shape index (κ3) is 10.7. The van der Waals surface area contributed by atoms with Crippen molar-refractivity contribution in [2.45, 2.75) is 0 Å². The maximum absolute atomic E-state index is 9.89. The average molecular weight is 146 g/mol. The van der Waals surface area contributed by atoms with E-state index < -0.39 is 10.0 Å². The van der Waals surface area contributed by atoms with E-state index in [0.717, 1.165) is 6.26 Å². The van der Waals surface area contributed by atoms with Gasteiger partial charge >= 0.3 is 0 Å². The fraction of sp³-hybridized carbons (Fsp3) is 1.00. The Kier molecular flexibility index (Phi) is 4.73. The minimum absolute atomic E-state index is 0. The number of sulfonamides is 1. The van der Waals surface area contributed by atoms with Crippen molar-refractivity contribution in [3.8, 4) is 0 Å². The highest BCUT2D eigenvalue weighted by Crippen LogP contribution is 1.62. The summed E-state index contributed by atoms with van der Waals surface area (Å²) in [6.07, 6.45) is 1.10. The molecule has 46 valence electrons. The summed E-state index contributed by atoms with van der Waals surface area (Å²) in [5.74, 6) is 0. The highest BCUT2D eigenvalue weighted by atomic mass is 35.5. The summed E-state index contributed by atoms with van der Waals surface area (Å²) in [6.45, 7) is 0. The van der Waals surface area contributed by atoms with Gasteiger partial charge in [0.25, 0.3) is 0 Å². The third-order valence-electron chi connectivity index (χ3n) is 0.371. The van der Waals surface area contributed by atoms with Crippen molar-refractivity contribution >= 4 is 22.4 Å². The van der Waals surface area contributed by atoms with Crippen LogP contribution in [0.1, 0.15) is 0 Å². The lowest BCUT2D eigenvalue weighted by molar-refractivity contribution is 0.594. The van der Waals surface area contributed by atoms with Crippen LogP contribution in [0.4, 0.5) is 0 Å². The van der Waals surface area contributed by atoms with Crippen molar-refractivity contribution in [3.05, 3.63) is 0 Å². The second-order valence-electron chi connectivity index (χ2n) is 0.976. The maximum atomic E-state index is 9.89. The molecule has 0 unspecified atom stereocenters. The molecule has 0 atom stereocenters. The minimum atomic E-state index is -2.91. The van der Waals surface area contributed by atoms with Crippen LogP contribution in [0.25, 0.3) is 0 Å². The van der Waals surface area contributed by atoms with Crippen LogP contribution in [-0.2, 0) is 10.0 Å². The Labute approximate surface area is 49.6 Å². The standard InChI is InChI=1S/C2H7NO2S.ClH/c1-3-6(2,4)5;/h3H,1-2H3;1H. The van der Waals surface area contributed by atoms with Gasteiger partial charge in [-0.2, -0.15) is 0 Å². The molecule has 0 fully saturated rings. The molecule has 5 heteroatoms. The van der Waals surface area contributed by atoms with Crippen LogP contribution in [0.2, 0.25) is 0 Å². The van der Waals surface area contributed by atoms with E-state index in [-0.39, 0.29) is 12.4 Å². The molecule has 0 aliphatic heterocycles. The topological polar surface area (TPSA) is 46.2 Å². The lowest BCUT2D eigenvalue weighted by Crippen LogP contribution is -2.15. The number of hydrogen-bond acceptors (Lipinski definition) is 2. The molecular formula is C2H8ClNO2S. The summed E-state index contributed by atoms with van der Waals surface area (Å²) in [6, 6.07) is 0. The Bertz CT molecular complexity index is 118. The largest absolute Gasteiger partial charge is 0.219 e. The Morgan fingerprint density at radius 2 is 1.57 bits per heavy atom. The van der Waals surface area contributed by atoms with Crippen LogP contribution >= 0.6 is 12.4 Å². The molecule has 1 N–H and O–H groups in total. The molecule has 0 heterocycles. The van der Waals surface area contributed by atoms with E-state index in [9.17, 15) is 8.42 Å². The van der Waals surface area contributed by atoms with Crippen molar-refractivity contribution in [3.63, 3.8) is 0 Å². The van der Waals surface area contributed by atoms with Crippen molar-refractivity contribution in [1.82, 2.24) is 4.72 Å². The summed E-state index contributed by atoms with van der Waals surface area (Å²) in [5.41, 5.74) is 0. The van der Waals surface area contributed by atoms with Gasteiger partial charge in [0.15, 0.2) is 0 Å². The van der Waals surface area contributed by atoms with E-state index in [1.165, 1.54) is 7.05 Å². The van der Waals surface area contributed by atoms with E-state index >= 15 is 0 Å². The van der Waals surface area contributed by atoms with Crippen LogP contribution in [-0.4, -0.2) is 21.7 Å². The number of halogens is 1. The molecule has 3 nitrogen and oxygen atoms in total. The molecule has 0 amide bonds. The van der Waals surface area contributed by atoms with Crippen molar-refractivity contribution in [2.75, 3.05) is 13.3 Å². The SMILES string of the molecule is CNS(C)(=O)=O.Cl. The maximum Gasteiger partial charge on any atom is 0.208 e. The molecule has 0 aromatic rings. The third-order valence-corrected chi connectivity index (χ3v) is 1.11. The smallest absolute Gasteiger partial charge is 0.208 e. The lowest BCUT2D eigenvalue weighted by Gasteiger charge is -1.85. The molecule has 0 saturated heterocycles. The van der Waals surface area contributed by atoms with Gasteiger partial charge in [-0.25, -0.2) is 13.1 Å². The van der Waals surface area contributed by atoms with Crippen molar-refractivity contribution in [1.29, 1.82) is 0 Å². The van der Waals surface area contributed by atoms with Crippen LogP contribution in [0.3, 0.4) is 0 Å². The van der Waals surface area contributed by atoms with Crippen molar-refractivity contribution < 1.29 is 8.42 Å². The van der Waals surface area contributed by atoms with E-state index in [1.807, 2.05) is 0 Å². The number of nitrogens with one attached hydrogen (secondary N) is 1. The first-order valence-corrected chi connectivity index (χ1v) is 3.34. The Balaban J connectivity index is 0. The van der Waals surface area contributed by atoms with Gasteiger partial charge in [0, 0.05) is 0 Å². The summed E-state index contributed by atoms with van der Waals surface area (Å²) in [5, 5.41) is 0. The Morgan fingerprint density at radius 1 is 1.43 bits per heavy atom. The summed E-state index contributed by atoms with van der Waals surface area (Å²) < 4.78 is 21.9. The summed E-state index contributed by atoms with van der Waals surface area (Å²) in [7, 11) is -1.54. The first-order chi connectivity index (χ1) is 2.56. The Morgan fingerprint density at radius 3 is 1.57 bits per heavy atom. The van der Waals surface area contributed by atoms with Gasteiger partial charge < -0.3 is 0 Å². The molecule has 0 radical (unpaired) electrons. The van der Waals surface area contributed by atoms with Crippen LogP contribution in [0.15, 0.2) is 0 Å². The zero-order chi connectivity index (χ0) is 5.21. The van der Waals surface area contributed by atoms with Crippen LogP contribution in [0.5, 0.6) is 0 Å². The van der Waals surface area contributed by atoms with E-state index in [0.29, 0.717) is 0 Å². The monoisotopic (exact) mass is 145 g/mol. The Hall–Kier alpha value is 0.200. The van der Waals surface area contributed by atoms with E-state index in [2.05, 4.69) is 4.72 Å². The molecule has 0 aromatic heterocycles. The van der Waals surface area contributed by atoms with E-state index in [4.69, 9.17) is 0 Å². The first-order valence-electron chi connectivity index (χ1n) is 1.45. The molecule has 0 aromatic carbocycles. The van der Waals surface area contributed by atoms with Crippen LogP contribution < -0.4 is 4.72 Å². The fourth-order valence-corrected chi connectivity index (χ4v) is 0. The molecule has 0 saturated carbocycles. The van der Waals surface area contributed by atoms with Gasteiger partial charge in [-0.05, 0) is 7.05 Å². The highest BCUT2D eigenvalue weighted by molar-refractivity contribution is 7.88. The first kappa shape index (κ1) is 10.2. The van der Waals surface area contributed by atoms with Gasteiger partial charge in [-0.15, -0.1) is 12.4 Å². The normalized spacial score (nSPS) is 10.0. The van der Waals surface area contributed by atoms with Crippen molar-refractivity contribution in [2.24, 2.45) is 0 Å². The van der Waals surface area contributed by atoms with Gasteiger partial charge in [0.2, 0.25) is 10.0 Å². The summed E-state index contributed by atoms with van der Waals surface area (Å²) >= 11 is 0. The zero-order valence-corrected chi connectivity index (χ0v) is 5.77. The molecule has 0 rings (SSSR count). The molecule has 0 aliphatic rings. The van der Waals surface area contributed by atoms with Gasteiger partial charge in [0.1, 0.15) is 0 Å². The quantitative estimate of drug-likeness (QED) is 0.545. The fourth-order valence-electron chi connectivity index (χ4n) is 0. The highest BCUT2D eigenvalue weighted by Gasteiger charge is 1.88. The minimum Gasteiger partial charge on any atom is -0.219 e. The molecule has 7 heavy (non-hydrogen) atoms. The predicted molar refractivity (Wildman–Crippen MR) is 31.2 cm³/mol. The van der Waals surface area contributed by atoms with Crippen LogP contribution in [0, 0.1) is 0 Å². The van der Waals surface area contributed by atoms with Gasteiger partial charge in [-0.3, -0.25) is 0 Å². The molecule has 0 spiro atoms. The molecular weight excluding hydrogens is 138 g/mol. The number of hydrogen-bond donors (Lipinski definition) is 1. The average Bonchev–Trinajstić information content (AvgIpc) is 1.35. The molecule has 0 aliphatic carbocycles. The number of rotatable bonds is 1. The second-order valence-corrected chi connectivity index (χ2v) is 2.93. The van der Waals surface area contributed by atoms with Gasteiger partial charge in [0.05, 0.1) is 6.26 Å². The van der Waals surface area contributed by atoms with E-state index in [1.54, 1.807) is 0 Å².